The molecule has 0 aromatic heterocycles. The number of nitrogens with zero attached hydrogens (tertiary/aromatic N) is 1. The van der Waals surface area contributed by atoms with E-state index in [0.717, 1.165) is 0 Å². The van der Waals surface area contributed by atoms with Crippen LogP contribution >= 0.6 is 39.1 Å². The van der Waals surface area contributed by atoms with Gasteiger partial charge in [-0.15, -0.1) is 23.2 Å². The quantitative estimate of drug-likeness (QED) is 0.580. The highest BCUT2D eigenvalue weighted by Gasteiger charge is 2.38. The lowest BCUT2D eigenvalue weighted by atomic mass is 10.1. The Kier molecular flexibility index (Phi) is 6.49. The first-order valence-corrected chi connectivity index (χ1v) is 7.19. The summed E-state index contributed by atoms with van der Waals surface area (Å²) in [7, 11) is 0. The third-order valence-corrected chi connectivity index (χ3v) is 3.24. The molecule has 1 aromatic carbocycles. The third-order valence-electron chi connectivity index (χ3n) is 2.36. The van der Waals surface area contributed by atoms with Crippen molar-refractivity contribution in [2.75, 3.05) is 0 Å². The maximum absolute atomic E-state index is 13.1. The van der Waals surface area contributed by atoms with E-state index in [0.29, 0.717) is 4.47 Å². The summed E-state index contributed by atoms with van der Waals surface area (Å²) in [5.41, 5.74) is -1.52. The van der Waals surface area contributed by atoms with Crippen molar-refractivity contribution in [2.45, 2.75) is 23.5 Å². The molecule has 0 aliphatic carbocycles. The lowest BCUT2D eigenvalue weighted by Gasteiger charge is -2.15. The largest absolute Gasteiger partial charge is 0.480 e. The minimum Gasteiger partial charge on any atom is -0.480 e. The van der Waals surface area contributed by atoms with E-state index in [4.69, 9.17) is 28.3 Å². The average molecular weight is 407 g/mol. The van der Waals surface area contributed by atoms with Crippen molar-refractivity contribution in [3.8, 4) is 0 Å². The first-order chi connectivity index (χ1) is 9.61. The molecule has 1 N–H and O–H groups in total. The molecule has 0 bridgehead atoms. The summed E-state index contributed by atoms with van der Waals surface area (Å²) < 4.78 is 39.8. The van der Waals surface area contributed by atoms with Crippen LogP contribution in [-0.4, -0.2) is 33.8 Å². The van der Waals surface area contributed by atoms with Gasteiger partial charge >= 0.3 is 12.1 Å². The van der Waals surface area contributed by atoms with Crippen molar-refractivity contribution in [3.05, 3.63) is 34.3 Å². The van der Waals surface area contributed by atoms with Crippen molar-refractivity contribution in [2.24, 2.45) is 4.99 Å². The van der Waals surface area contributed by atoms with Gasteiger partial charge in [-0.25, -0.2) is 4.79 Å². The standard InChI is InChI=1S/C12H9BrCl2F3NO2/c13-7-3-1-6(2-4-7)10(12(16,17)18)19-8(11(20)21)5-9(14)15/h1-4,8-9H,5H2,(H,20,21)/b19-10-/t8-/m0/s1. The van der Waals surface area contributed by atoms with Gasteiger partial charge in [0, 0.05) is 16.5 Å². The molecule has 0 radical (unpaired) electrons. The summed E-state index contributed by atoms with van der Waals surface area (Å²) in [5.74, 6) is -1.53. The zero-order valence-corrected chi connectivity index (χ0v) is 13.3. The Morgan fingerprint density at radius 2 is 1.81 bits per heavy atom. The van der Waals surface area contributed by atoms with E-state index in [1.165, 1.54) is 24.3 Å². The van der Waals surface area contributed by atoms with Crippen molar-refractivity contribution in [3.63, 3.8) is 0 Å². The minimum atomic E-state index is -4.80. The maximum atomic E-state index is 13.1. The Labute approximate surface area is 136 Å². The van der Waals surface area contributed by atoms with E-state index in [1.807, 2.05) is 0 Å². The molecule has 1 atom stereocenters. The molecule has 0 saturated heterocycles. The van der Waals surface area contributed by atoms with Gasteiger partial charge in [-0.1, -0.05) is 28.1 Å². The highest BCUT2D eigenvalue weighted by molar-refractivity contribution is 9.10. The van der Waals surface area contributed by atoms with Gasteiger partial charge in [0.15, 0.2) is 6.04 Å². The minimum absolute atomic E-state index is 0.238. The molecule has 0 unspecified atom stereocenters. The summed E-state index contributed by atoms with van der Waals surface area (Å²) in [4.78, 5) is 13.1. The Balaban J connectivity index is 3.26. The second-order valence-corrected chi connectivity index (χ2v) is 6.16. The van der Waals surface area contributed by atoms with Crippen LogP contribution in [0.5, 0.6) is 0 Å². The number of alkyl halides is 5. The zero-order valence-electron chi connectivity index (χ0n) is 10.2. The fraction of sp³-hybridized carbons (Fsp3) is 0.333. The number of carboxylic acids is 1. The zero-order chi connectivity index (χ0) is 16.2. The molecule has 0 aliphatic rings. The van der Waals surface area contributed by atoms with Crippen LogP contribution in [0.2, 0.25) is 0 Å². The number of hydrogen-bond donors (Lipinski definition) is 1. The van der Waals surface area contributed by atoms with Crippen LogP contribution in [0.4, 0.5) is 13.2 Å². The molecule has 0 spiro atoms. The number of hydrogen-bond acceptors (Lipinski definition) is 2. The first kappa shape index (κ1) is 18.3. The predicted molar refractivity (Wildman–Crippen MR) is 78.3 cm³/mol. The molecule has 3 nitrogen and oxygen atoms in total. The Bertz CT molecular complexity index is 532. The summed E-state index contributed by atoms with van der Waals surface area (Å²) in [6.07, 6.45) is -5.22. The van der Waals surface area contributed by atoms with E-state index < -0.39 is 35.2 Å². The molecule has 1 aromatic rings. The maximum Gasteiger partial charge on any atom is 0.433 e. The number of rotatable bonds is 5. The molecule has 116 valence electrons. The number of halogens is 6. The van der Waals surface area contributed by atoms with Crippen LogP contribution in [-0.2, 0) is 4.79 Å². The number of carbonyl (C=O) groups is 1. The molecule has 1 rings (SSSR count). The Morgan fingerprint density at radius 1 is 1.29 bits per heavy atom. The number of aliphatic carboxylic acids is 1. The third kappa shape index (κ3) is 5.84. The van der Waals surface area contributed by atoms with Crippen molar-refractivity contribution >= 4 is 50.8 Å². The van der Waals surface area contributed by atoms with Crippen LogP contribution in [0, 0.1) is 0 Å². The monoisotopic (exact) mass is 405 g/mol. The van der Waals surface area contributed by atoms with Gasteiger partial charge in [0.05, 0.1) is 0 Å². The molecule has 0 heterocycles. The molecule has 0 aliphatic heterocycles. The lowest BCUT2D eigenvalue weighted by molar-refractivity contribution is -0.138. The second-order valence-electron chi connectivity index (χ2n) is 3.96. The van der Waals surface area contributed by atoms with Crippen LogP contribution in [0.3, 0.4) is 0 Å². The van der Waals surface area contributed by atoms with Crippen molar-refractivity contribution in [1.29, 1.82) is 0 Å². The summed E-state index contributed by atoms with van der Waals surface area (Å²) in [5, 5.41) is 8.93. The number of benzene rings is 1. The van der Waals surface area contributed by atoms with E-state index in [-0.39, 0.29) is 5.56 Å². The van der Waals surface area contributed by atoms with Gasteiger partial charge in [-0.05, 0) is 12.1 Å². The van der Waals surface area contributed by atoms with E-state index in [9.17, 15) is 18.0 Å². The molecular formula is C12H9BrCl2F3NO2. The van der Waals surface area contributed by atoms with Gasteiger partial charge in [-0.2, -0.15) is 13.2 Å². The predicted octanol–water partition coefficient (Wildman–Crippen LogP) is 4.45. The highest BCUT2D eigenvalue weighted by atomic mass is 79.9. The first-order valence-electron chi connectivity index (χ1n) is 5.53. The van der Waals surface area contributed by atoms with Crippen LogP contribution in [0.1, 0.15) is 12.0 Å². The van der Waals surface area contributed by atoms with E-state index >= 15 is 0 Å². The summed E-state index contributed by atoms with van der Waals surface area (Å²) >= 11 is 14.0. The Hall–Kier alpha value is -0.790. The summed E-state index contributed by atoms with van der Waals surface area (Å²) in [6.45, 7) is 0. The van der Waals surface area contributed by atoms with Gasteiger partial charge in [0.2, 0.25) is 0 Å². The van der Waals surface area contributed by atoms with E-state index in [2.05, 4.69) is 20.9 Å². The van der Waals surface area contributed by atoms with Gasteiger partial charge in [0.25, 0.3) is 0 Å². The van der Waals surface area contributed by atoms with Crippen LogP contribution < -0.4 is 0 Å². The molecule has 9 heteroatoms. The molecular weight excluding hydrogens is 398 g/mol. The van der Waals surface area contributed by atoms with Gasteiger partial charge in [0.1, 0.15) is 10.5 Å². The fourth-order valence-corrected chi connectivity index (χ4v) is 2.05. The molecule has 0 saturated carbocycles. The molecule has 0 fully saturated rings. The number of carboxylic acid groups (broad SMARTS) is 1. The van der Waals surface area contributed by atoms with Crippen LogP contribution in [0.15, 0.2) is 33.7 Å². The lowest BCUT2D eigenvalue weighted by Crippen LogP contribution is -2.29. The Morgan fingerprint density at radius 3 is 2.19 bits per heavy atom. The normalized spacial score (nSPS) is 14.3. The second kappa shape index (κ2) is 7.47. The smallest absolute Gasteiger partial charge is 0.433 e. The topological polar surface area (TPSA) is 49.7 Å². The number of aliphatic imine (C=N–C) groups is 1. The summed E-state index contributed by atoms with van der Waals surface area (Å²) in [6, 6.07) is 3.50. The van der Waals surface area contributed by atoms with E-state index in [1.54, 1.807) is 0 Å². The molecule has 21 heavy (non-hydrogen) atoms. The SMILES string of the molecule is O=C(O)[C@H](CC(Cl)Cl)/N=C(/c1ccc(Br)cc1)C(F)(F)F. The van der Waals surface area contributed by atoms with Crippen LogP contribution in [0.25, 0.3) is 0 Å². The average Bonchev–Trinajstić information content (AvgIpc) is 2.33. The highest BCUT2D eigenvalue weighted by Crippen LogP contribution is 2.25. The van der Waals surface area contributed by atoms with Crippen molar-refractivity contribution < 1.29 is 23.1 Å². The van der Waals surface area contributed by atoms with Gasteiger partial charge in [-0.3, -0.25) is 4.99 Å². The molecule has 0 amide bonds. The van der Waals surface area contributed by atoms with Gasteiger partial charge < -0.3 is 5.11 Å². The van der Waals surface area contributed by atoms with Crippen molar-refractivity contribution in [1.82, 2.24) is 0 Å². The fourth-order valence-electron chi connectivity index (χ4n) is 1.45.